The number of nitrogens with zero attached hydrogens (tertiary/aromatic N) is 3. The molecule has 10 heteroatoms. The number of carbonyl (C=O) groups excluding carboxylic acids is 2. The second kappa shape index (κ2) is 9.66. The van der Waals surface area contributed by atoms with E-state index in [0.29, 0.717) is 17.0 Å². The Morgan fingerprint density at radius 3 is 2.57 bits per heavy atom. The second-order valence-corrected chi connectivity index (χ2v) is 10.7. The van der Waals surface area contributed by atoms with Crippen molar-refractivity contribution >= 4 is 40.1 Å². The van der Waals surface area contributed by atoms with Crippen LogP contribution < -0.4 is 11.1 Å². The Labute approximate surface area is 206 Å². The van der Waals surface area contributed by atoms with Crippen molar-refractivity contribution in [2.75, 3.05) is 12.4 Å². The number of thiophene rings is 1. The third-order valence-corrected chi connectivity index (χ3v) is 8.28. The summed E-state index contributed by atoms with van der Waals surface area (Å²) >= 11 is 0.763. The molecule has 3 N–H and O–H groups in total. The lowest BCUT2D eigenvalue weighted by molar-refractivity contribution is 0.0696. The van der Waals surface area contributed by atoms with Gasteiger partial charge in [-0.1, -0.05) is 19.3 Å². The van der Waals surface area contributed by atoms with Gasteiger partial charge in [-0.25, -0.2) is 13.8 Å². The number of fused-ring (bicyclic) bond motifs is 1. The van der Waals surface area contributed by atoms with Gasteiger partial charge >= 0.3 is 0 Å². The Morgan fingerprint density at radius 1 is 1.17 bits per heavy atom. The maximum atomic E-state index is 13.2. The molecule has 0 saturated heterocycles. The van der Waals surface area contributed by atoms with Crippen LogP contribution in [-0.4, -0.2) is 45.4 Å². The van der Waals surface area contributed by atoms with E-state index in [1.54, 1.807) is 12.1 Å². The zero-order valence-electron chi connectivity index (χ0n) is 19.5. The number of carbonyl (C=O) groups is 2. The summed E-state index contributed by atoms with van der Waals surface area (Å²) in [5.41, 5.74) is 7.97. The van der Waals surface area contributed by atoms with Gasteiger partial charge in [0.2, 0.25) is 5.95 Å². The Hall–Kier alpha value is -2.85. The lowest BCUT2D eigenvalue weighted by atomic mass is 9.87. The third kappa shape index (κ3) is 4.69. The standard InChI is InChI=1S/C25H29F2N5O2S/c1-31(16-5-3-2-4-6-16)24(34)14-7-8-19-18(11-14)29-25(32(19)17-12-15(28)13-17)30-23(33)21-10-9-20(35-21)22(26)27/h7-11,15-17,22H,2-6,12-13,28H2,1H3,(H,29,30,33)/t15-,17+. The van der Waals surface area contributed by atoms with E-state index in [1.807, 2.05) is 22.6 Å². The first kappa shape index (κ1) is 23.9. The molecule has 0 atom stereocenters. The van der Waals surface area contributed by atoms with Crippen LogP contribution >= 0.6 is 11.3 Å². The third-order valence-electron chi connectivity index (χ3n) is 7.18. The molecule has 3 aromatic rings. The van der Waals surface area contributed by atoms with Crippen molar-refractivity contribution in [2.45, 2.75) is 69.5 Å². The summed E-state index contributed by atoms with van der Waals surface area (Å²) in [6.45, 7) is 0. The molecule has 7 nitrogen and oxygen atoms in total. The quantitative estimate of drug-likeness (QED) is 0.476. The summed E-state index contributed by atoms with van der Waals surface area (Å²) in [6.07, 6.45) is 4.41. The van der Waals surface area contributed by atoms with E-state index in [2.05, 4.69) is 10.3 Å². The number of alkyl halides is 2. The van der Waals surface area contributed by atoms with Crippen molar-refractivity contribution in [2.24, 2.45) is 5.73 Å². The SMILES string of the molecule is CN(C(=O)c1ccc2c(c1)nc(NC(=O)c1ccc(C(F)F)s1)n2[C@H]1C[C@@H](N)C1)C1CCCCC1. The molecule has 0 aliphatic heterocycles. The van der Waals surface area contributed by atoms with E-state index < -0.39 is 12.3 Å². The maximum absolute atomic E-state index is 13.2. The fraction of sp³-hybridized carbons (Fsp3) is 0.480. The molecule has 5 rings (SSSR count). The van der Waals surface area contributed by atoms with Gasteiger partial charge in [0.25, 0.3) is 18.2 Å². The van der Waals surface area contributed by atoms with Gasteiger partial charge in [0, 0.05) is 30.7 Å². The molecule has 186 valence electrons. The fourth-order valence-corrected chi connectivity index (χ4v) is 5.88. The van der Waals surface area contributed by atoms with Gasteiger partial charge in [-0.2, -0.15) is 0 Å². The summed E-state index contributed by atoms with van der Waals surface area (Å²) < 4.78 is 27.9. The topological polar surface area (TPSA) is 93.2 Å². The highest BCUT2D eigenvalue weighted by atomic mass is 32.1. The van der Waals surface area contributed by atoms with Crippen LogP contribution in [0.1, 0.15) is 82.3 Å². The number of nitrogens with two attached hydrogens (primary N) is 1. The molecule has 1 aromatic carbocycles. The van der Waals surface area contributed by atoms with Crippen LogP contribution in [0.2, 0.25) is 0 Å². The molecule has 2 aliphatic rings. The first-order valence-electron chi connectivity index (χ1n) is 12.1. The Balaban J connectivity index is 1.44. The summed E-state index contributed by atoms with van der Waals surface area (Å²) in [5, 5.41) is 2.80. The molecule has 2 fully saturated rings. The average Bonchev–Trinajstić information content (AvgIpc) is 3.46. The number of benzene rings is 1. The molecular formula is C25H29F2N5O2S. The number of amides is 2. The zero-order chi connectivity index (χ0) is 24.7. The molecule has 35 heavy (non-hydrogen) atoms. The number of aromatic nitrogens is 2. The normalized spacial score (nSPS) is 20.7. The molecule has 2 amide bonds. The summed E-state index contributed by atoms with van der Waals surface area (Å²) in [7, 11) is 1.86. The fourth-order valence-electron chi connectivity index (χ4n) is 5.12. The van der Waals surface area contributed by atoms with Crippen molar-refractivity contribution in [3.63, 3.8) is 0 Å². The van der Waals surface area contributed by atoms with E-state index in [4.69, 9.17) is 5.73 Å². The Morgan fingerprint density at radius 2 is 1.91 bits per heavy atom. The van der Waals surface area contributed by atoms with Crippen molar-refractivity contribution in [3.8, 4) is 0 Å². The first-order chi connectivity index (χ1) is 16.8. The predicted molar refractivity (Wildman–Crippen MR) is 132 cm³/mol. The maximum Gasteiger partial charge on any atom is 0.272 e. The van der Waals surface area contributed by atoms with Crippen LogP contribution in [-0.2, 0) is 0 Å². The first-order valence-corrected chi connectivity index (χ1v) is 12.9. The van der Waals surface area contributed by atoms with Crippen LogP contribution in [0.3, 0.4) is 0 Å². The van der Waals surface area contributed by atoms with E-state index in [9.17, 15) is 18.4 Å². The molecule has 0 radical (unpaired) electrons. The van der Waals surface area contributed by atoms with E-state index in [0.717, 1.165) is 55.4 Å². The number of hydrogen-bond acceptors (Lipinski definition) is 5. The van der Waals surface area contributed by atoms with Gasteiger partial charge in [-0.05, 0) is 56.0 Å². The largest absolute Gasteiger partial charge is 0.339 e. The van der Waals surface area contributed by atoms with Gasteiger partial charge in [0.1, 0.15) is 0 Å². The lowest BCUT2D eigenvalue weighted by Gasteiger charge is -2.34. The van der Waals surface area contributed by atoms with Crippen molar-refractivity contribution < 1.29 is 18.4 Å². The number of nitrogens with one attached hydrogen (secondary N) is 1. The highest BCUT2D eigenvalue weighted by molar-refractivity contribution is 7.14. The van der Waals surface area contributed by atoms with Gasteiger partial charge in [-0.15, -0.1) is 11.3 Å². The highest BCUT2D eigenvalue weighted by Gasteiger charge is 2.32. The predicted octanol–water partition coefficient (Wildman–Crippen LogP) is 5.35. The van der Waals surface area contributed by atoms with Gasteiger partial charge in [-0.3, -0.25) is 14.9 Å². The molecule has 2 heterocycles. The van der Waals surface area contributed by atoms with Gasteiger partial charge < -0.3 is 15.2 Å². The lowest BCUT2D eigenvalue weighted by Crippen LogP contribution is -2.38. The molecule has 0 bridgehead atoms. The Bertz CT molecular complexity index is 1240. The smallest absolute Gasteiger partial charge is 0.272 e. The van der Waals surface area contributed by atoms with Crippen LogP contribution in [0.15, 0.2) is 30.3 Å². The van der Waals surface area contributed by atoms with Crippen LogP contribution in [0.25, 0.3) is 11.0 Å². The minimum Gasteiger partial charge on any atom is -0.339 e. The van der Waals surface area contributed by atoms with Crippen molar-refractivity contribution in [1.29, 1.82) is 0 Å². The number of halogens is 2. The van der Waals surface area contributed by atoms with Crippen molar-refractivity contribution in [3.05, 3.63) is 45.6 Å². The Kier molecular flexibility index (Phi) is 6.59. The molecule has 2 aliphatic carbocycles. The van der Waals surface area contributed by atoms with Gasteiger partial charge in [0.15, 0.2) is 0 Å². The van der Waals surface area contributed by atoms with Crippen molar-refractivity contribution in [1.82, 2.24) is 14.5 Å². The van der Waals surface area contributed by atoms with Crippen LogP contribution in [0, 0.1) is 0 Å². The van der Waals surface area contributed by atoms with Gasteiger partial charge in [0.05, 0.1) is 20.8 Å². The summed E-state index contributed by atoms with van der Waals surface area (Å²) in [5.74, 6) is -0.197. The van der Waals surface area contributed by atoms with E-state index in [-0.39, 0.29) is 33.8 Å². The van der Waals surface area contributed by atoms with Crippen LogP contribution in [0.5, 0.6) is 0 Å². The van der Waals surface area contributed by atoms with E-state index in [1.165, 1.54) is 18.6 Å². The minimum atomic E-state index is -2.62. The molecule has 0 unspecified atom stereocenters. The molecule has 2 saturated carbocycles. The number of hydrogen-bond donors (Lipinski definition) is 2. The number of rotatable bonds is 6. The number of imidazole rings is 1. The monoisotopic (exact) mass is 501 g/mol. The van der Waals surface area contributed by atoms with E-state index >= 15 is 0 Å². The average molecular weight is 502 g/mol. The zero-order valence-corrected chi connectivity index (χ0v) is 20.4. The summed E-state index contributed by atoms with van der Waals surface area (Å²) in [4.78, 5) is 32.5. The second-order valence-electron chi connectivity index (χ2n) is 9.56. The summed E-state index contributed by atoms with van der Waals surface area (Å²) in [6, 6.07) is 8.49. The van der Waals surface area contributed by atoms with Crippen LogP contribution in [0.4, 0.5) is 14.7 Å². The molecular weight excluding hydrogens is 472 g/mol. The molecule has 2 aromatic heterocycles. The number of anilines is 1. The molecule has 0 spiro atoms. The highest BCUT2D eigenvalue weighted by Crippen LogP contribution is 2.37. The minimum absolute atomic E-state index is 0.0392.